The number of hydrogen-bond donors (Lipinski definition) is 0. The van der Waals surface area contributed by atoms with E-state index in [0.717, 1.165) is 10.9 Å². The largest absolute Gasteiger partial charge is 0.483 e. The molecule has 0 unspecified atom stereocenters. The summed E-state index contributed by atoms with van der Waals surface area (Å²) >= 11 is 5.66. The first-order valence-corrected chi connectivity index (χ1v) is 9.40. The molecule has 0 saturated heterocycles. The van der Waals surface area contributed by atoms with Gasteiger partial charge in [-0.25, -0.2) is 18.2 Å². The van der Waals surface area contributed by atoms with Crippen LogP contribution in [0.4, 0.5) is 26.3 Å². The topological polar surface area (TPSA) is 39.9 Å². The van der Waals surface area contributed by atoms with E-state index in [-0.39, 0.29) is 29.3 Å². The lowest BCUT2D eigenvalue weighted by atomic mass is 10.0. The molecule has 0 fully saturated rings. The Labute approximate surface area is 182 Å². The van der Waals surface area contributed by atoms with Crippen molar-refractivity contribution in [1.29, 1.82) is 0 Å². The molecule has 0 saturated carbocycles. The zero-order chi connectivity index (χ0) is 23.2. The molecule has 0 spiro atoms. The minimum atomic E-state index is -5.16. The van der Waals surface area contributed by atoms with Crippen LogP contribution in [-0.4, -0.2) is 14.8 Å². The highest BCUT2D eigenvalue weighted by atomic mass is 35.5. The Morgan fingerprint density at radius 2 is 1.72 bits per heavy atom. The molecule has 0 aliphatic heterocycles. The molecular weight excluding hydrogens is 460 g/mol. The van der Waals surface area contributed by atoms with Crippen molar-refractivity contribution < 1.29 is 31.1 Å². The maximum absolute atomic E-state index is 15.3. The maximum atomic E-state index is 15.3. The minimum Gasteiger partial charge on any atom is -0.483 e. The summed E-state index contributed by atoms with van der Waals surface area (Å²) < 4.78 is 91.0. The SMILES string of the molecule is Cn1nc(-c2cc(C(F)(F)F)c(F)c(OCc3ccccc3)c2F)c2cnc(Cl)c(F)c21. The van der Waals surface area contributed by atoms with E-state index in [1.165, 1.54) is 7.05 Å². The molecule has 32 heavy (non-hydrogen) atoms. The molecule has 0 radical (unpaired) electrons. The zero-order valence-electron chi connectivity index (χ0n) is 16.1. The number of benzene rings is 2. The Bertz CT molecular complexity index is 1320. The van der Waals surface area contributed by atoms with E-state index in [4.69, 9.17) is 16.3 Å². The van der Waals surface area contributed by atoms with Gasteiger partial charge in [-0.15, -0.1) is 0 Å². The van der Waals surface area contributed by atoms with Gasteiger partial charge in [0.1, 0.15) is 17.8 Å². The molecular formula is C21H12ClF6N3O. The Balaban J connectivity index is 1.93. The second-order valence-electron chi connectivity index (χ2n) is 6.80. The van der Waals surface area contributed by atoms with Crippen molar-refractivity contribution in [3.8, 4) is 17.0 Å². The molecule has 4 aromatic rings. The predicted octanol–water partition coefficient (Wildman–Crippen LogP) is 6.30. The lowest BCUT2D eigenvalue weighted by Gasteiger charge is -2.16. The van der Waals surface area contributed by atoms with Crippen LogP contribution in [0.25, 0.3) is 22.2 Å². The second-order valence-corrected chi connectivity index (χ2v) is 7.16. The van der Waals surface area contributed by atoms with Crippen LogP contribution in [0.3, 0.4) is 0 Å². The Morgan fingerprint density at radius 3 is 2.38 bits per heavy atom. The molecule has 0 aliphatic carbocycles. The molecule has 2 aromatic heterocycles. The van der Waals surface area contributed by atoms with E-state index in [9.17, 15) is 22.0 Å². The summed E-state index contributed by atoms with van der Waals surface area (Å²) in [6, 6.07) is 8.39. The molecule has 0 atom stereocenters. The summed E-state index contributed by atoms with van der Waals surface area (Å²) in [6.07, 6.45) is -4.11. The highest BCUT2D eigenvalue weighted by Gasteiger charge is 2.38. The van der Waals surface area contributed by atoms with Crippen molar-refractivity contribution in [2.24, 2.45) is 7.05 Å². The van der Waals surface area contributed by atoms with Crippen molar-refractivity contribution in [2.75, 3.05) is 0 Å². The minimum absolute atomic E-state index is 0.109. The van der Waals surface area contributed by atoms with E-state index in [2.05, 4.69) is 10.1 Å². The summed E-state index contributed by atoms with van der Waals surface area (Å²) in [5.41, 5.74) is -2.58. The number of halogens is 7. The molecule has 2 aromatic carbocycles. The summed E-state index contributed by atoms with van der Waals surface area (Å²) in [6.45, 7) is -0.385. The van der Waals surface area contributed by atoms with Crippen molar-refractivity contribution in [3.05, 3.63) is 76.3 Å². The lowest BCUT2D eigenvalue weighted by molar-refractivity contribution is -0.140. The van der Waals surface area contributed by atoms with E-state index in [1.54, 1.807) is 30.3 Å². The highest BCUT2D eigenvalue weighted by Crippen LogP contribution is 2.42. The van der Waals surface area contributed by atoms with E-state index in [0.29, 0.717) is 5.56 Å². The highest BCUT2D eigenvalue weighted by molar-refractivity contribution is 6.30. The number of hydrogen-bond acceptors (Lipinski definition) is 3. The lowest BCUT2D eigenvalue weighted by Crippen LogP contribution is -2.12. The van der Waals surface area contributed by atoms with Gasteiger partial charge < -0.3 is 4.74 Å². The standard InChI is InChI=1S/C21H12ClF6N3O/c1-31-18-12(8-29-20(22)16(18)25)17(30-31)11-7-13(21(26,27)28)15(24)19(14(11)23)32-9-10-5-3-2-4-6-10/h2-8H,9H2,1H3. The first kappa shape index (κ1) is 21.9. The third-order valence-corrected chi connectivity index (χ3v) is 4.99. The van der Waals surface area contributed by atoms with Crippen molar-refractivity contribution in [3.63, 3.8) is 0 Å². The fourth-order valence-corrected chi connectivity index (χ4v) is 3.38. The molecule has 0 N–H and O–H groups in total. The van der Waals surface area contributed by atoms with Gasteiger partial charge in [0, 0.05) is 24.2 Å². The molecule has 4 nitrogen and oxygen atoms in total. The number of aromatic nitrogens is 3. The Kier molecular flexibility index (Phi) is 5.49. The van der Waals surface area contributed by atoms with Gasteiger partial charge in [-0.05, 0) is 11.6 Å². The number of aryl methyl sites for hydroxylation is 1. The summed E-state index contributed by atoms with van der Waals surface area (Å²) in [4.78, 5) is 3.61. The van der Waals surface area contributed by atoms with Gasteiger partial charge in [0.25, 0.3) is 0 Å². The van der Waals surface area contributed by atoms with Crippen LogP contribution in [0.15, 0.2) is 42.6 Å². The summed E-state index contributed by atoms with van der Waals surface area (Å²) in [5.74, 6) is -5.52. The average molecular weight is 472 g/mol. The average Bonchev–Trinajstić information content (AvgIpc) is 3.07. The molecule has 166 valence electrons. The van der Waals surface area contributed by atoms with Crippen LogP contribution >= 0.6 is 11.6 Å². The Hall–Kier alpha value is -3.27. The molecule has 4 rings (SSSR count). The molecule has 11 heteroatoms. The third-order valence-electron chi connectivity index (χ3n) is 4.73. The van der Waals surface area contributed by atoms with E-state index in [1.807, 2.05) is 0 Å². The molecule has 0 amide bonds. The smallest absolute Gasteiger partial charge is 0.419 e. The van der Waals surface area contributed by atoms with Crippen LogP contribution in [0.2, 0.25) is 5.15 Å². The van der Waals surface area contributed by atoms with Crippen LogP contribution < -0.4 is 4.74 Å². The van der Waals surface area contributed by atoms with Crippen LogP contribution in [0.5, 0.6) is 5.75 Å². The fourth-order valence-electron chi connectivity index (χ4n) is 3.24. The molecule has 2 heterocycles. The summed E-state index contributed by atoms with van der Waals surface area (Å²) in [7, 11) is 1.30. The maximum Gasteiger partial charge on any atom is 0.419 e. The number of nitrogens with zero attached hydrogens (tertiary/aromatic N) is 3. The monoisotopic (exact) mass is 471 g/mol. The first-order valence-electron chi connectivity index (χ1n) is 9.02. The van der Waals surface area contributed by atoms with Crippen LogP contribution in [0, 0.1) is 17.5 Å². The quantitative estimate of drug-likeness (QED) is 0.259. The van der Waals surface area contributed by atoms with Gasteiger partial charge in [0.2, 0.25) is 0 Å². The zero-order valence-corrected chi connectivity index (χ0v) is 16.9. The van der Waals surface area contributed by atoms with Crippen LogP contribution in [-0.2, 0) is 19.8 Å². The molecule has 0 bridgehead atoms. The van der Waals surface area contributed by atoms with Gasteiger partial charge in [-0.1, -0.05) is 41.9 Å². The van der Waals surface area contributed by atoms with Crippen LogP contribution in [0.1, 0.15) is 11.1 Å². The van der Waals surface area contributed by atoms with E-state index < -0.39 is 45.7 Å². The number of rotatable bonds is 4. The fraction of sp³-hybridized carbons (Fsp3) is 0.143. The van der Waals surface area contributed by atoms with Gasteiger partial charge in [-0.3, -0.25) is 4.68 Å². The van der Waals surface area contributed by atoms with Crippen molar-refractivity contribution in [1.82, 2.24) is 14.8 Å². The number of fused-ring (bicyclic) bond motifs is 1. The Morgan fingerprint density at radius 1 is 1.03 bits per heavy atom. The van der Waals surface area contributed by atoms with Gasteiger partial charge in [-0.2, -0.15) is 18.3 Å². The van der Waals surface area contributed by atoms with Crippen molar-refractivity contribution >= 4 is 22.5 Å². The molecule has 0 aliphatic rings. The first-order chi connectivity index (χ1) is 15.1. The summed E-state index contributed by atoms with van der Waals surface area (Å²) in [5, 5.41) is 3.33. The van der Waals surface area contributed by atoms with Gasteiger partial charge in [0.05, 0.1) is 5.56 Å². The number of ether oxygens (including phenoxy) is 1. The number of pyridine rings is 1. The second kappa shape index (κ2) is 8.01. The normalized spacial score (nSPS) is 11.9. The van der Waals surface area contributed by atoms with Gasteiger partial charge >= 0.3 is 6.18 Å². The van der Waals surface area contributed by atoms with E-state index >= 15 is 4.39 Å². The predicted molar refractivity (Wildman–Crippen MR) is 105 cm³/mol. The number of alkyl halides is 3. The third kappa shape index (κ3) is 3.75. The van der Waals surface area contributed by atoms with Crippen molar-refractivity contribution in [2.45, 2.75) is 12.8 Å². The van der Waals surface area contributed by atoms with Gasteiger partial charge in [0.15, 0.2) is 28.4 Å².